The first-order valence-corrected chi connectivity index (χ1v) is 3.69. The molecule has 0 radical (unpaired) electrons. The van der Waals surface area contributed by atoms with E-state index in [4.69, 9.17) is 0 Å². The molecule has 0 heterocycles. The summed E-state index contributed by atoms with van der Waals surface area (Å²) in [5, 5.41) is 0. The number of Topliss-reactive ketones (excluding diaryl/α,β-unsaturated/α-hetero) is 1. The molecule has 0 aromatic heterocycles. The molecule has 0 saturated carbocycles. The van der Waals surface area contributed by atoms with Crippen molar-refractivity contribution < 1.29 is 31.1 Å². The molecule has 0 fully saturated rings. The molecule has 0 aliphatic carbocycles. The lowest BCUT2D eigenvalue weighted by molar-refractivity contribution is 0.0994. The summed E-state index contributed by atoms with van der Waals surface area (Å²) in [5.41, 5.74) is -1.86. The van der Waals surface area contributed by atoms with Gasteiger partial charge in [-0.2, -0.15) is 0 Å². The number of carbonyl (C=O) groups is 1. The van der Waals surface area contributed by atoms with Gasteiger partial charge in [0.05, 0.1) is 0 Å². The van der Waals surface area contributed by atoms with E-state index < -0.39 is 46.3 Å². The van der Waals surface area contributed by atoms with Crippen molar-refractivity contribution in [1.29, 1.82) is 0 Å². The average Bonchev–Trinajstić information content (AvgIpc) is 2.23. The number of rotatable bonds is 2. The van der Waals surface area contributed by atoms with Crippen LogP contribution >= 0.6 is 0 Å². The van der Waals surface area contributed by atoms with E-state index in [-0.39, 0.29) is 0 Å². The van der Waals surface area contributed by atoms with Gasteiger partial charge in [0.25, 0.3) is 0 Å². The van der Waals surface area contributed by atoms with Crippen molar-refractivity contribution in [3.63, 3.8) is 0 Å². The lowest BCUT2D eigenvalue weighted by Crippen LogP contribution is -2.12. The normalized spacial score (nSPS) is 10.4. The lowest BCUT2D eigenvalue weighted by Gasteiger charge is -2.05. The molecule has 1 aromatic carbocycles. The molecule has 1 nitrogen and oxygen atoms in total. The van der Waals surface area contributed by atoms with Crippen LogP contribution in [0.25, 0.3) is 0 Å². The van der Waals surface area contributed by atoms with Crippen molar-refractivity contribution in [2.45, 2.75) is 0 Å². The van der Waals surface area contributed by atoms with Gasteiger partial charge in [-0.05, 0) is 0 Å². The van der Waals surface area contributed by atoms with Crippen molar-refractivity contribution >= 4 is 5.78 Å². The molecule has 1 rings (SSSR count). The van der Waals surface area contributed by atoms with E-state index in [2.05, 4.69) is 6.58 Å². The number of halogens is 6. The SMILES string of the molecule is C=C(F)C(=O)c1c(F)c(F)c(F)c(F)c1F. The van der Waals surface area contributed by atoms with Gasteiger partial charge in [-0.3, -0.25) is 4.79 Å². The van der Waals surface area contributed by atoms with Crippen LogP contribution in [0.4, 0.5) is 26.3 Å². The fourth-order valence-corrected chi connectivity index (χ4v) is 0.940. The topological polar surface area (TPSA) is 17.1 Å². The number of carbonyl (C=O) groups excluding carboxylic acids is 1. The standard InChI is InChI=1S/C9H2F6O/c1-2(10)9(16)3-4(11)6(13)8(15)7(14)5(3)12/h1H2. The molecule has 0 amide bonds. The van der Waals surface area contributed by atoms with E-state index in [0.717, 1.165) is 0 Å². The lowest BCUT2D eigenvalue weighted by atomic mass is 10.1. The van der Waals surface area contributed by atoms with Gasteiger partial charge in [-0.25, -0.2) is 26.3 Å². The first kappa shape index (κ1) is 12.3. The van der Waals surface area contributed by atoms with Crippen molar-refractivity contribution in [1.82, 2.24) is 0 Å². The highest BCUT2D eigenvalue weighted by Crippen LogP contribution is 2.24. The smallest absolute Gasteiger partial charge is 0.226 e. The van der Waals surface area contributed by atoms with Crippen molar-refractivity contribution in [2.75, 3.05) is 0 Å². The molecule has 0 aliphatic rings. The molecule has 0 aliphatic heterocycles. The van der Waals surface area contributed by atoms with Crippen LogP contribution in [0.2, 0.25) is 0 Å². The minimum atomic E-state index is -2.42. The molecule has 0 spiro atoms. The largest absolute Gasteiger partial charge is 0.286 e. The molecule has 0 atom stereocenters. The average molecular weight is 240 g/mol. The summed E-state index contributed by atoms with van der Waals surface area (Å²) >= 11 is 0. The molecule has 1 aromatic rings. The third-order valence-corrected chi connectivity index (χ3v) is 1.68. The maximum Gasteiger partial charge on any atom is 0.226 e. The Balaban J connectivity index is 3.64. The first-order valence-electron chi connectivity index (χ1n) is 3.69. The Bertz CT molecular complexity index is 464. The van der Waals surface area contributed by atoms with Crippen molar-refractivity contribution in [2.24, 2.45) is 0 Å². The van der Waals surface area contributed by atoms with E-state index in [1.54, 1.807) is 0 Å². The van der Waals surface area contributed by atoms with Gasteiger partial charge in [0.15, 0.2) is 29.1 Å². The maximum absolute atomic E-state index is 12.9. The molecule has 7 heteroatoms. The van der Waals surface area contributed by atoms with Crippen molar-refractivity contribution in [3.05, 3.63) is 47.1 Å². The van der Waals surface area contributed by atoms with Crippen molar-refractivity contribution in [3.8, 4) is 0 Å². The molecular formula is C9H2F6O. The molecule has 16 heavy (non-hydrogen) atoms. The number of hydrogen-bond donors (Lipinski definition) is 0. The van der Waals surface area contributed by atoms with Gasteiger partial charge in [-0.15, -0.1) is 0 Å². The van der Waals surface area contributed by atoms with Gasteiger partial charge >= 0.3 is 0 Å². The van der Waals surface area contributed by atoms with Gasteiger partial charge in [0.1, 0.15) is 5.56 Å². The molecule has 0 unspecified atom stereocenters. The van der Waals surface area contributed by atoms with E-state index in [1.165, 1.54) is 0 Å². The zero-order chi connectivity index (χ0) is 12.6. The minimum absolute atomic E-state index is 1.83. The second-order valence-electron chi connectivity index (χ2n) is 2.68. The van der Waals surface area contributed by atoms with Gasteiger partial charge < -0.3 is 0 Å². The van der Waals surface area contributed by atoms with Crippen LogP contribution in [0.1, 0.15) is 10.4 Å². The highest BCUT2D eigenvalue weighted by Gasteiger charge is 2.30. The van der Waals surface area contributed by atoms with E-state index >= 15 is 0 Å². The molecular weight excluding hydrogens is 238 g/mol. The third-order valence-electron chi connectivity index (χ3n) is 1.68. The highest BCUT2D eigenvalue weighted by atomic mass is 19.2. The third kappa shape index (κ3) is 1.68. The summed E-state index contributed by atoms with van der Waals surface area (Å²) in [7, 11) is 0. The van der Waals surface area contributed by atoms with E-state index in [0.29, 0.717) is 0 Å². The van der Waals surface area contributed by atoms with E-state index in [1.807, 2.05) is 0 Å². The van der Waals surface area contributed by atoms with E-state index in [9.17, 15) is 31.1 Å². The maximum atomic E-state index is 12.9. The second kappa shape index (κ2) is 3.99. The zero-order valence-corrected chi connectivity index (χ0v) is 7.38. The number of benzene rings is 1. The van der Waals surface area contributed by atoms with Crippen LogP contribution < -0.4 is 0 Å². The number of ketones is 1. The Morgan fingerprint density at radius 2 is 1.12 bits per heavy atom. The quantitative estimate of drug-likeness (QED) is 0.255. The summed E-state index contributed by atoms with van der Waals surface area (Å²) in [6, 6.07) is 0. The predicted molar refractivity (Wildman–Crippen MR) is 40.8 cm³/mol. The summed E-state index contributed by atoms with van der Waals surface area (Å²) in [6.45, 7) is 2.41. The summed E-state index contributed by atoms with van der Waals surface area (Å²) in [5.74, 6) is -15.7. The molecule has 0 saturated heterocycles. The number of hydrogen-bond acceptors (Lipinski definition) is 1. The van der Waals surface area contributed by atoms with Crippen LogP contribution in [0, 0.1) is 29.1 Å². The van der Waals surface area contributed by atoms with Crippen LogP contribution in [0.5, 0.6) is 0 Å². The van der Waals surface area contributed by atoms with Crippen LogP contribution in [0.15, 0.2) is 12.4 Å². The number of allylic oxidation sites excluding steroid dienone is 1. The van der Waals surface area contributed by atoms with Gasteiger partial charge in [0.2, 0.25) is 11.6 Å². The molecule has 86 valence electrons. The Labute approximate surface area is 85.0 Å². The van der Waals surface area contributed by atoms with Crippen LogP contribution in [-0.4, -0.2) is 5.78 Å². The second-order valence-corrected chi connectivity index (χ2v) is 2.68. The highest BCUT2D eigenvalue weighted by molar-refractivity contribution is 6.07. The Morgan fingerprint density at radius 1 is 0.812 bits per heavy atom. The summed E-state index contributed by atoms with van der Waals surface area (Å²) in [6.07, 6.45) is 0. The van der Waals surface area contributed by atoms with Crippen LogP contribution in [-0.2, 0) is 0 Å². The van der Waals surface area contributed by atoms with Gasteiger partial charge in [-0.1, -0.05) is 6.58 Å². The molecule has 0 bridgehead atoms. The van der Waals surface area contributed by atoms with Crippen LogP contribution in [0.3, 0.4) is 0 Å². The first-order chi connectivity index (χ1) is 7.29. The minimum Gasteiger partial charge on any atom is -0.286 e. The monoisotopic (exact) mass is 240 g/mol. The Kier molecular flexibility index (Phi) is 3.06. The zero-order valence-electron chi connectivity index (χ0n) is 7.38. The summed E-state index contributed by atoms with van der Waals surface area (Å²) in [4.78, 5) is 10.8. The van der Waals surface area contributed by atoms with Gasteiger partial charge in [0, 0.05) is 0 Å². The predicted octanol–water partition coefficient (Wildman–Crippen LogP) is 3.05. The summed E-state index contributed by atoms with van der Waals surface area (Å²) < 4.78 is 75.6. The molecule has 0 N–H and O–H groups in total. The Hall–Kier alpha value is -1.79. The Morgan fingerprint density at radius 3 is 1.44 bits per heavy atom. The fourth-order valence-electron chi connectivity index (χ4n) is 0.940. The fraction of sp³-hybridized carbons (Fsp3) is 0.